The van der Waals surface area contributed by atoms with Crippen molar-refractivity contribution in [1.29, 1.82) is 0 Å². The Morgan fingerprint density at radius 2 is 1.92 bits per heavy atom. The molecule has 4 rings (SSSR count). The molecule has 0 bridgehead atoms. The number of ether oxygens (including phenoxy) is 1. The lowest BCUT2D eigenvalue weighted by atomic mass is 10.0. The number of phenolic OH excluding ortho intramolecular Hbond substituents is 1. The molecule has 1 saturated heterocycles. The van der Waals surface area contributed by atoms with Crippen molar-refractivity contribution in [2.75, 3.05) is 20.1 Å². The minimum atomic E-state index is -0.407. The number of hydrogen-bond donors (Lipinski definition) is 2. The monoisotopic (exact) mass is 351 g/mol. The fraction of sp³-hybridized carbons (Fsp3) is 0.381. The molecule has 0 amide bonds. The van der Waals surface area contributed by atoms with E-state index < -0.39 is 6.10 Å². The maximum absolute atomic E-state index is 10.6. The van der Waals surface area contributed by atoms with E-state index >= 15 is 0 Å². The lowest BCUT2D eigenvalue weighted by molar-refractivity contribution is -0.0271. The van der Waals surface area contributed by atoms with E-state index in [4.69, 9.17) is 9.72 Å². The van der Waals surface area contributed by atoms with Gasteiger partial charge in [0.1, 0.15) is 17.7 Å². The average molecular weight is 351 g/mol. The van der Waals surface area contributed by atoms with Gasteiger partial charge in [-0.1, -0.05) is 30.3 Å². The Kier molecular flexibility index (Phi) is 4.66. The minimum Gasteiger partial charge on any atom is -0.507 e. The summed E-state index contributed by atoms with van der Waals surface area (Å²) in [5, 5.41) is 10.6. The number of benzene rings is 2. The first-order valence-corrected chi connectivity index (χ1v) is 9.19. The van der Waals surface area contributed by atoms with Crippen LogP contribution in [-0.2, 0) is 4.74 Å². The minimum absolute atomic E-state index is 0.157. The Labute approximate surface area is 153 Å². The normalized spacial score (nSPS) is 17.6. The molecule has 1 fully saturated rings. The summed E-state index contributed by atoms with van der Waals surface area (Å²) in [5.74, 6) is 1.02. The van der Waals surface area contributed by atoms with E-state index in [1.165, 1.54) is 0 Å². The highest BCUT2D eigenvalue weighted by Gasteiger charge is 2.28. The largest absolute Gasteiger partial charge is 0.507 e. The van der Waals surface area contributed by atoms with Crippen molar-refractivity contribution in [1.82, 2.24) is 14.9 Å². The molecule has 1 unspecified atom stereocenters. The van der Waals surface area contributed by atoms with Crippen LogP contribution in [0.25, 0.3) is 11.0 Å². The SMILES string of the molecule is Cc1cccc(C(OC2CCN(C)CC2)c2nc3ccccc3[nH]2)c1O. The Balaban J connectivity index is 1.72. The molecule has 5 heteroatoms. The van der Waals surface area contributed by atoms with E-state index in [0.717, 1.165) is 53.9 Å². The second-order valence-corrected chi connectivity index (χ2v) is 7.17. The second-order valence-electron chi connectivity index (χ2n) is 7.17. The zero-order valence-corrected chi connectivity index (χ0v) is 15.3. The van der Waals surface area contributed by atoms with E-state index in [2.05, 4.69) is 16.9 Å². The van der Waals surface area contributed by atoms with E-state index in [0.29, 0.717) is 0 Å². The molecular formula is C21H25N3O2. The number of piperidine rings is 1. The zero-order chi connectivity index (χ0) is 18.1. The maximum Gasteiger partial charge on any atom is 0.144 e. The number of fused-ring (bicyclic) bond motifs is 1. The van der Waals surface area contributed by atoms with Gasteiger partial charge in [0.05, 0.1) is 17.1 Å². The molecule has 0 spiro atoms. The molecule has 2 aromatic carbocycles. The standard InChI is InChI=1S/C21H25N3O2/c1-14-6-5-7-16(19(14)25)20(26-15-10-12-24(2)13-11-15)21-22-17-8-3-4-9-18(17)23-21/h3-9,15,20,25H,10-13H2,1-2H3,(H,22,23). The van der Waals surface area contributed by atoms with E-state index in [1.54, 1.807) is 0 Å². The number of H-pyrrole nitrogens is 1. The second kappa shape index (κ2) is 7.09. The molecule has 1 aliphatic rings. The van der Waals surface area contributed by atoms with Crippen molar-refractivity contribution in [3.05, 3.63) is 59.4 Å². The molecule has 26 heavy (non-hydrogen) atoms. The number of aromatic amines is 1. The smallest absolute Gasteiger partial charge is 0.144 e. The lowest BCUT2D eigenvalue weighted by Gasteiger charge is -2.31. The van der Waals surface area contributed by atoms with Gasteiger partial charge < -0.3 is 19.7 Å². The highest BCUT2D eigenvalue weighted by Crippen LogP contribution is 2.35. The van der Waals surface area contributed by atoms with Gasteiger partial charge in [-0.2, -0.15) is 0 Å². The molecule has 1 aliphatic heterocycles. The topological polar surface area (TPSA) is 61.4 Å². The third kappa shape index (κ3) is 3.32. The van der Waals surface area contributed by atoms with Crippen molar-refractivity contribution < 1.29 is 9.84 Å². The van der Waals surface area contributed by atoms with Gasteiger partial charge in [-0.25, -0.2) is 4.98 Å². The van der Waals surface area contributed by atoms with Crippen molar-refractivity contribution in [2.24, 2.45) is 0 Å². The number of aryl methyl sites for hydroxylation is 1. The van der Waals surface area contributed by atoms with Crippen LogP contribution >= 0.6 is 0 Å². The molecule has 0 aliphatic carbocycles. The van der Waals surface area contributed by atoms with E-state index in [1.807, 2.05) is 49.4 Å². The van der Waals surface area contributed by atoms with Crippen LogP contribution < -0.4 is 0 Å². The van der Waals surface area contributed by atoms with Crippen LogP contribution in [0.5, 0.6) is 5.75 Å². The first-order valence-electron chi connectivity index (χ1n) is 9.19. The number of phenols is 1. The number of rotatable bonds is 4. The Bertz CT molecular complexity index is 864. The molecule has 2 N–H and O–H groups in total. The third-order valence-corrected chi connectivity index (χ3v) is 5.20. The molecule has 136 valence electrons. The highest BCUT2D eigenvalue weighted by molar-refractivity contribution is 5.75. The molecule has 0 radical (unpaired) electrons. The summed E-state index contributed by atoms with van der Waals surface area (Å²) in [6, 6.07) is 13.7. The number of hydrogen-bond acceptors (Lipinski definition) is 4. The van der Waals surface area contributed by atoms with Crippen molar-refractivity contribution in [2.45, 2.75) is 32.0 Å². The van der Waals surface area contributed by atoms with Gasteiger partial charge in [-0.05, 0) is 44.5 Å². The molecule has 3 aromatic rings. The zero-order valence-electron chi connectivity index (χ0n) is 15.3. The highest BCUT2D eigenvalue weighted by atomic mass is 16.5. The summed E-state index contributed by atoms with van der Waals surface area (Å²) in [5.41, 5.74) is 3.50. The van der Waals surface area contributed by atoms with Gasteiger partial charge in [-0.15, -0.1) is 0 Å². The maximum atomic E-state index is 10.6. The number of aromatic nitrogens is 2. The number of nitrogens with zero attached hydrogens (tertiary/aromatic N) is 2. The van der Waals surface area contributed by atoms with Crippen LogP contribution in [0, 0.1) is 6.92 Å². The molecule has 1 aromatic heterocycles. The van der Waals surface area contributed by atoms with Gasteiger partial charge in [0.25, 0.3) is 0 Å². The first-order chi connectivity index (χ1) is 12.6. The van der Waals surface area contributed by atoms with E-state index in [9.17, 15) is 5.11 Å². The van der Waals surface area contributed by atoms with Crippen LogP contribution in [0.15, 0.2) is 42.5 Å². The summed E-state index contributed by atoms with van der Waals surface area (Å²) in [7, 11) is 2.14. The van der Waals surface area contributed by atoms with Crippen LogP contribution in [0.1, 0.15) is 35.9 Å². The first kappa shape index (κ1) is 17.1. The van der Waals surface area contributed by atoms with Crippen molar-refractivity contribution in [3.63, 3.8) is 0 Å². The quantitative estimate of drug-likeness (QED) is 0.751. The lowest BCUT2D eigenvalue weighted by Crippen LogP contribution is -2.35. The van der Waals surface area contributed by atoms with Crippen LogP contribution in [0.4, 0.5) is 0 Å². The number of imidazole rings is 1. The summed E-state index contributed by atoms with van der Waals surface area (Å²) >= 11 is 0. The van der Waals surface area contributed by atoms with Gasteiger partial charge >= 0.3 is 0 Å². The van der Waals surface area contributed by atoms with Crippen LogP contribution in [0.2, 0.25) is 0 Å². The number of likely N-dealkylation sites (tertiary alicyclic amines) is 1. The fourth-order valence-electron chi connectivity index (χ4n) is 3.59. The van der Waals surface area contributed by atoms with Crippen LogP contribution in [-0.4, -0.2) is 46.2 Å². The average Bonchev–Trinajstić information content (AvgIpc) is 3.08. The number of aromatic hydroxyl groups is 1. The summed E-state index contributed by atoms with van der Waals surface area (Å²) in [6.45, 7) is 3.96. The van der Waals surface area contributed by atoms with Gasteiger partial charge in [0, 0.05) is 18.7 Å². The van der Waals surface area contributed by atoms with Gasteiger partial charge in [0.2, 0.25) is 0 Å². The molecule has 5 nitrogen and oxygen atoms in total. The molecule has 1 atom stereocenters. The number of para-hydroxylation sites is 3. The van der Waals surface area contributed by atoms with Crippen molar-refractivity contribution in [3.8, 4) is 5.75 Å². The van der Waals surface area contributed by atoms with Gasteiger partial charge in [-0.3, -0.25) is 0 Å². The predicted octanol–water partition coefficient (Wildman–Crippen LogP) is 3.78. The Morgan fingerprint density at radius 1 is 1.15 bits per heavy atom. The summed E-state index contributed by atoms with van der Waals surface area (Å²) in [6.07, 6.45) is 1.72. The Hall–Kier alpha value is -2.37. The number of nitrogens with one attached hydrogen (secondary N) is 1. The molecule has 2 heterocycles. The fourth-order valence-corrected chi connectivity index (χ4v) is 3.59. The third-order valence-electron chi connectivity index (χ3n) is 5.20. The van der Waals surface area contributed by atoms with Gasteiger partial charge in [0.15, 0.2) is 0 Å². The Morgan fingerprint density at radius 3 is 2.69 bits per heavy atom. The summed E-state index contributed by atoms with van der Waals surface area (Å²) in [4.78, 5) is 10.4. The van der Waals surface area contributed by atoms with Crippen molar-refractivity contribution >= 4 is 11.0 Å². The van der Waals surface area contributed by atoms with E-state index in [-0.39, 0.29) is 11.9 Å². The predicted molar refractivity (Wildman–Crippen MR) is 102 cm³/mol. The van der Waals surface area contributed by atoms with Crippen LogP contribution in [0.3, 0.4) is 0 Å². The molecular weight excluding hydrogens is 326 g/mol. The summed E-state index contributed by atoms with van der Waals surface area (Å²) < 4.78 is 6.50. The molecule has 0 saturated carbocycles.